The summed E-state index contributed by atoms with van der Waals surface area (Å²) in [7, 11) is 0. The first kappa shape index (κ1) is 13.1. The van der Waals surface area contributed by atoms with E-state index < -0.39 is 0 Å². The molecule has 2 nitrogen and oxygen atoms in total. The maximum absolute atomic E-state index is 5.98. The molecule has 0 N–H and O–H groups in total. The molecule has 94 valence electrons. The highest BCUT2D eigenvalue weighted by Crippen LogP contribution is 2.34. The molecule has 0 amide bonds. The standard InChI is InChI=1S/C15H16BrNO/c1-3-11(2)12-6-4-5-7-14(12)18-15-8-9-17-10-13(15)16/h4-11H,3H2,1-2H3. The Morgan fingerprint density at radius 1 is 1.22 bits per heavy atom. The fourth-order valence-electron chi connectivity index (χ4n) is 1.76. The molecule has 0 saturated carbocycles. The van der Waals surface area contributed by atoms with E-state index in [-0.39, 0.29) is 0 Å². The van der Waals surface area contributed by atoms with Crippen LogP contribution >= 0.6 is 15.9 Å². The molecule has 2 aromatic rings. The van der Waals surface area contributed by atoms with Gasteiger partial charge in [0.15, 0.2) is 0 Å². The Hall–Kier alpha value is -1.35. The molecule has 0 aliphatic rings. The largest absolute Gasteiger partial charge is 0.456 e. The molecule has 1 aromatic heterocycles. The quantitative estimate of drug-likeness (QED) is 0.779. The lowest BCUT2D eigenvalue weighted by molar-refractivity contribution is 0.467. The predicted molar refractivity (Wildman–Crippen MR) is 77.2 cm³/mol. The van der Waals surface area contributed by atoms with E-state index in [1.54, 1.807) is 12.4 Å². The summed E-state index contributed by atoms with van der Waals surface area (Å²) in [6.07, 6.45) is 4.56. The summed E-state index contributed by atoms with van der Waals surface area (Å²) in [6, 6.07) is 10.0. The van der Waals surface area contributed by atoms with Crippen molar-refractivity contribution in [1.82, 2.24) is 4.98 Å². The number of hydrogen-bond donors (Lipinski definition) is 0. The van der Waals surface area contributed by atoms with Crippen molar-refractivity contribution in [2.45, 2.75) is 26.2 Å². The Balaban J connectivity index is 2.32. The molecule has 0 saturated heterocycles. The summed E-state index contributed by atoms with van der Waals surface area (Å²) >= 11 is 3.44. The SMILES string of the molecule is CCC(C)c1ccccc1Oc1ccncc1Br. The zero-order valence-electron chi connectivity index (χ0n) is 10.6. The fraction of sp³-hybridized carbons (Fsp3) is 0.267. The van der Waals surface area contributed by atoms with Gasteiger partial charge in [-0.25, -0.2) is 0 Å². The molecule has 0 radical (unpaired) electrons. The molecule has 1 heterocycles. The summed E-state index contributed by atoms with van der Waals surface area (Å²) < 4.78 is 6.84. The highest BCUT2D eigenvalue weighted by atomic mass is 79.9. The smallest absolute Gasteiger partial charge is 0.144 e. The van der Waals surface area contributed by atoms with E-state index in [9.17, 15) is 0 Å². The van der Waals surface area contributed by atoms with E-state index >= 15 is 0 Å². The van der Waals surface area contributed by atoms with Gasteiger partial charge in [0.05, 0.1) is 4.47 Å². The molecule has 1 atom stereocenters. The lowest BCUT2D eigenvalue weighted by Crippen LogP contribution is -1.96. The van der Waals surface area contributed by atoms with Gasteiger partial charge in [0.1, 0.15) is 11.5 Å². The van der Waals surface area contributed by atoms with Gasteiger partial charge in [0, 0.05) is 18.5 Å². The Morgan fingerprint density at radius 2 is 2.00 bits per heavy atom. The van der Waals surface area contributed by atoms with Gasteiger partial charge in [-0.05, 0) is 39.9 Å². The number of halogens is 1. The lowest BCUT2D eigenvalue weighted by Gasteiger charge is -2.15. The third-order valence-corrected chi connectivity index (χ3v) is 3.61. The van der Waals surface area contributed by atoms with E-state index in [2.05, 4.69) is 46.9 Å². The van der Waals surface area contributed by atoms with Crippen LogP contribution in [0.15, 0.2) is 47.2 Å². The summed E-state index contributed by atoms with van der Waals surface area (Å²) in [6.45, 7) is 4.40. The average Bonchev–Trinajstić information content (AvgIpc) is 2.41. The Morgan fingerprint density at radius 3 is 2.72 bits per heavy atom. The molecular formula is C15H16BrNO. The van der Waals surface area contributed by atoms with Crippen LogP contribution in [0, 0.1) is 0 Å². The molecule has 0 fully saturated rings. The maximum Gasteiger partial charge on any atom is 0.144 e. The van der Waals surface area contributed by atoms with Crippen LogP contribution in [-0.4, -0.2) is 4.98 Å². The first-order chi connectivity index (χ1) is 8.72. The van der Waals surface area contributed by atoms with Crippen LogP contribution in [0.5, 0.6) is 11.5 Å². The van der Waals surface area contributed by atoms with E-state index in [1.807, 2.05) is 18.2 Å². The third kappa shape index (κ3) is 2.91. The highest BCUT2D eigenvalue weighted by Gasteiger charge is 2.11. The van der Waals surface area contributed by atoms with Gasteiger partial charge in [0.2, 0.25) is 0 Å². The number of benzene rings is 1. The molecule has 0 aliphatic heterocycles. The number of pyridine rings is 1. The lowest BCUT2D eigenvalue weighted by atomic mass is 9.98. The van der Waals surface area contributed by atoms with Crippen molar-refractivity contribution in [1.29, 1.82) is 0 Å². The second-order valence-electron chi connectivity index (χ2n) is 4.26. The van der Waals surface area contributed by atoms with Crippen molar-refractivity contribution < 1.29 is 4.74 Å². The van der Waals surface area contributed by atoms with Gasteiger partial charge >= 0.3 is 0 Å². The van der Waals surface area contributed by atoms with E-state index in [4.69, 9.17) is 4.74 Å². The van der Waals surface area contributed by atoms with Crippen LogP contribution in [0.2, 0.25) is 0 Å². The van der Waals surface area contributed by atoms with Gasteiger partial charge < -0.3 is 4.74 Å². The fourth-order valence-corrected chi connectivity index (χ4v) is 2.10. The maximum atomic E-state index is 5.98. The van der Waals surface area contributed by atoms with Crippen LogP contribution in [-0.2, 0) is 0 Å². The molecule has 0 aliphatic carbocycles. The molecule has 2 rings (SSSR count). The normalized spacial score (nSPS) is 12.2. The van der Waals surface area contributed by atoms with Gasteiger partial charge in [-0.2, -0.15) is 0 Å². The summed E-state index contributed by atoms with van der Waals surface area (Å²) in [5.74, 6) is 2.20. The number of aromatic nitrogens is 1. The molecule has 1 aromatic carbocycles. The van der Waals surface area contributed by atoms with E-state index in [0.29, 0.717) is 5.92 Å². The van der Waals surface area contributed by atoms with E-state index in [0.717, 1.165) is 22.4 Å². The molecule has 1 unspecified atom stereocenters. The summed E-state index contributed by atoms with van der Waals surface area (Å²) in [5, 5.41) is 0. The zero-order chi connectivity index (χ0) is 13.0. The number of hydrogen-bond acceptors (Lipinski definition) is 2. The molecule has 3 heteroatoms. The average molecular weight is 306 g/mol. The van der Waals surface area contributed by atoms with Crippen molar-refractivity contribution in [3.63, 3.8) is 0 Å². The monoisotopic (exact) mass is 305 g/mol. The third-order valence-electron chi connectivity index (χ3n) is 3.02. The summed E-state index contributed by atoms with van der Waals surface area (Å²) in [4.78, 5) is 4.03. The molecule has 18 heavy (non-hydrogen) atoms. The van der Waals surface area contributed by atoms with Crippen molar-refractivity contribution in [3.8, 4) is 11.5 Å². The Kier molecular flexibility index (Phi) is 4.37. The highest BCUT2D eigenvalue weighted by molar-refractivity contribution is 9.10. The predicted octanol–water partition coefficient (Wildman–Crippen LogP) is 5.15. The first-order valence-corrected chi connectivity index (χ1v) is 6.88. The van der Waals surface area contributed by atoms with E-state index in [1.165, 1.54) is 5.56 Å². The molecular weight excluding hydrogens is 290 g/mol. The van der Waals surface area contributed by atoms with Crippen molar-refractivity contribution in [3.05, 3.63) is 52.8 Å². The second-order valence-corrected chi connectivity index (χ2v) is 5.11. The van der Waals surface area contributed by atoms with Gasteiger partial charge in [-0.15, -0.1) is 0 Å². The number of ether oxygens (including phenoxy) is 1. The van der Waals surface area contributed by atoms with Crippen LogP contribution in [0.1, 0.15) is 31.7 Å². The van der Waals surface area contributed by atoms with Crippen LogP contribution in [0.4, 0.5) is 0 Å². The van der Waals surface area contributed by atoms with Gasteiger partial charge in [0.25, 0.3) is 0 Å². The minimum Gasteiger partial charge on any atom is -0.456 e. The minimum absolute atomic E-state index is 0.488. The summed E-state index contributed by atoms with van der Waals surface area (Å²) in [5.41, 5.74) is 1.24. The van der Waals surface area contributed by atoms with Crippen LogP contribution in [0.3, 0.4) is 0 Å². The second kappa shape index (κ2) is 6.01. The van der Waals surface area contributed by atoms with Crippen molar-refractivity contribution >= 4 is 15.9 Å². The molecule has 0 spiro atoms. The number of nitrogens with zero attached hydrogens (tertiary/aromatic N) is 1. The number of para-hydroxylation sites is 1. The van der Waals surface area contributed by atoms with Crippen LogP contribution in [0.25, 0.3) is 0 Å². The Bertz CT molecular complexity index is 527. The topological polar surface area (TPSA) is 22.1 Å². The Labute approximate surface area is 116 Å². The van der Waals surface area contributed by atoms with Crippen molar-refractivity contribution in [2.75, 3.05) is 0 Å². The van der Waals surface area contributed by atoms with Gasteiger partial charge in [-0.3, -0.25) is 4.98 Å². The minimum atomic E-state index is 0.488. The van der Waals surface area contributed by atoms with Crippen LogP contribution < -0.4 is 4.74 Å². The number of rotatable bonds is 4. The van der Waals surface area contributed by atoms with Crippen molar-refractivity contribution in [2.24, 2.45) is 0 Å². The zero-order valence-corrected chi connectivity index (χ0v) is 12.1. The molecule has 0 bridgehead atoms. The van der Waals surface area contributed by atoms with Gasteiger partial charge in [-0.1, -0.05) is 32.0 Å². The first-order valence-electron chi connectivity index (χ1n) is 6.08.